The Hall–Kier alpha value is -6.40. The van der Waals surface area contributed by atoms with Gasteiger partial charge in [-0.25, -0.2) is 9.13 Å². The molecular weight excluding hydrogens is 1790 g/mol. The van der Waals surface area contributed by atoms with Gasteiger partial charge in [0, 0.05) is 127 Å². The molecule has 0 unspecified atom stereocenters. The predicted molar refractivity (Wildman–Crippen MR) is 673 cm³/mol. The molecule has 140 heavy (non-hydrogen) atoms. The Labute approximate surface area is 901 Å². The molecule has 0 aliphatic heterocycles. The van der Waals surface area contributed by atoms with E-state index in [1.54, 1.807) is 112 Å². The second kappa shape index (κ2) is 231. The summed E-state index contributed by atoms with van der Waals surface area (Å²) in [6.07, 6.45) is 44.9. The number of rotatable bonds is 16. The molecule has 12 rings (SSSR count). The van der Waals surface area contributed by atoms with Crippen molar-refractivity contribution in [2.24, 2.45) is 42.2 Å². The van der Waals surface area contributed by atoms with Gasteiger partial charge in [0.2, 0.25) is 0 Å². The van der Waals surface area contributed by atoms with E-state index in [0.717, 1.165) is 13.1 Å². The average Bonchev–Trinajstić information content (AvgIpc) is 0.889. The summed E-state index contributed by atoms with van der Waals surface area (Å²) in [4.78, 5) is 7.57. The van der Waals surface area contributed by atoms with Gasteiger partial charge in [-0.15, -0.1) is 0 Å². The minimum Gasteiger partial charge on any atom is -0.358 e. The van der Waals surface area contributed by atoms with Crippen molar-refractivity contribution in [3.8, 4) is 0 Å². The van der Waals surface area contributed by atoms with Crippen LogP contribution in [-0.4, -0.2) is 89.4 Å². The number of nitrogens with two attached hydrogens (primary N) is 2. The van der Waals surface area contributed by atoms with Crippen LogP contribution in [0.3, 0.4) is 0 Å². The number of fused-ring (bicyclic) bond motifs is 4. The van der Waals surface area contributed by atoms with Crippen molar-refractivity contribution in [3.63, 3.8) is 0 Å². The summed E-state index contributed by atoms with van der Waals surface area (Å²) in [5, 5.41) is 20.2. The highest BCUT2D eigenvalue weighted by atomic mass is 33.1. The van der Waals surface area contributed by atoms with Crippen molar-refractivity contribution < 1.29 is 9.13 Å². The van der Waals surface area contributed by atoms with Gasteiger partial charge in [0.15, 0.2) is 24.8 Å². The van der Waals surface area contributed by atoms with Crippen molar-refractivity contribution in [1.29, 1.82) is 0 Å². The lowest BCUT2D eigenvalue weighted by Gasteiger charge is -2.13. The van der Waals surface area contributed by atoms with Crippen molar-refractivity contribution >= 4 is 43.2 Å². The Morgan fingerprint density at radius 2 is 0.350 bits per heavy atom. The van der Waals surface area contributed by atoms with Gasteiger partial charge in [0.1, 0.15) is 13.1 Å². The maximum absolute atomic E-state index is 4.50. The highest BCUT2D eigenvalue weighted by molar-refractivity contribution is 8.77. The molecule has 0 spiro atoms. The minimum atomic E-state index is 0. The molecule has 16 heteroatoms. The molecule has 0 radical (unpaired) electrons. The molecule has 0 bridgehead atoms. The molecule has 4 N–H and O–H groups in total. The Balaban J connectivity index is -0.0000000500. The van der Waals surface area contributed by atoms with E-state index in [-0.39, 0.29) is 14.9 Å². The third-order valence-electron chi connectivity index (χ3n) is 14.9. The van der Waals surface area contributed by atoms with E-state index >= 15 is 0 Å². The third kappa shape index (κ3) is 171. The maximum atomic E-state index is 4.50. The van der Waals surface area contributed by atoms with Gasteiger partial charge in [0.05, 0.1) is 0 Å². The average molecular weight is 2040 g/mol. The fourth-order valence-electron chi connectivity index (χ4n) is 9.75. The number of nitrogens with zero attached hydrogens (tertiary/aromatic N) is 10. The minimum absolute atomic E-state index is 0. The van der Waals surface area contributed by atoms with Crippen molar-refractivity contribution in [1.82, 2.24) is 9.97 Å². The zero-order chi connectivity index (χ0) is 112. The Bertz CT molecular complexity index is 2530. The molecule has 8 aromatic rings. The van der Waals surface area contributed by atoms with E-state index in [9.17, 15) is 0 Å². The van der Waals surface area contributed by atoms with Gasteiger partial charge in [-0.2, -0.15) is 30.7 Å². The lowest BCUT2D eigenvalue weighted by atomic mass is 9.92. The van der Waals surface area contributed by atoms with Crippen LogP contribution in [0.5, 0.6) is 0 Å². The van der Waals surface area contributed by atoms with Crippen LogP contribution < -0.4 is 20.6 Å². The summed E-state index contributed by atoms with van der Waals surface area (Å²) in [6.45, 7) is 86.7. The maximum Gasteiger partial charge on any atom is 0.168 e. The Morgan fingerprint density at radius 1 is 0.214 bits per heavy atom. The summed E-state index contributed by atoms with van der Waals surface area (Å²) in [7, 11) is 20.9. The highest BCUT2D eigenvalue weighted by Gasteiger charge is 2.09. The molecule has 4 aliphatic rings. The standard InChI is InChI=1S/C16H22N2S2.4C10H12.C8H18S2.2C5H5N.3C2H6N2.20C2H6.2CH5N.2CH3/c1-3-9-17(10-4-1)13-7-15-19-20-16-8-14-18-11-5-2-6-12-18;4*1-2-6-10-8-4-3-7-9(10)5-1;1-3-5-7-9-10-8-6-4-2;2*1-2-4-6-5-3-1;3*1-3-4-2;22*1-2;;/h1-6,9-12H,7-8,13-16H2;4*1-2,5-6H,3-4,7-8H2;3-8H2,1-2H3;2*1-5H;3*1-2H3;20*1-2H3;2*2H2,1H3;2*1H3/q+2;;;;;;;;;;;;;;;;;;;;;;;;;;;;;;;;;2*-1. The topological polar surface area (TPSA) is 160 Å². The highest BCUT2D eigenvalue weighted by Crippen LogP contribution is 2.25. The molecule has 12 nitrogen and oxygen atoms in total. The molecule has 4 heterocycles. The fraction of sp³-hybridized carbons (Fsp3) is 0.629. The number of unbranched alkanes of at least 4 members (excludes halogenated alkanes) is 2. The van der Waals surface area contributed by atoms with Crippen LogP contribution in [0, 0.1) is 14.9 Å². The first-order valence-corrected chi connectivity index (χ1v) is 60.5. The first-order valence-electron chi connectivity index (χ1n) is 55.5. The van der Waals surface area contributed by atoms with Crippen LogP contribution in [0.2, 0.25) is 0 Å². The molecule has 0 saturated carbocycles. The number of aryl methyl sites for hydroxylation is 10. The van der Waals surface area contributed by atoms with E-state index < -0.39 is 0 Å². The summed E-state index contributed by atoms with van der Waals surface area (Å²) >= 11 is 0. The quantitative estimate of drug-likeness (QED) is 0.0318. The van der Waals surface area contributed by atoms with E-state index in [4.69, 9.17) is 0 Å². The van der Waals surface area contributed by atoms with E-state index in [1.807, 2.05) is 357 Å². The second-order valence-corrected chi connectivity index (χ2v) is 27.5. The number of benzene rings is 4. The van der Waals surface area contributed by atoms with Crippen LogP contribution in [-0.2, 0) is 64.5 Å². The first-order chi connectivity index (χ1) is 68.5. The van der Waals surface area contributed by atoms with Gasteiger partial charge in [0.25, 0.3) is 0 Å². The van der Waals surface area contributed by atoms with Gasteiger partial charge in [-0.05, 0) is 198 Å². The number of azo groups is 3. The summed E-state index contributed by atoms with van der Waals surface area (Å²) < 4.78 is 4.49. The third-order valence-corrected chi connectivity index (χ3v) is 20.1. The number of aromatic nitrogens is 4. The zero-order valence-corrected chi connectivity index (χ0v) is 107. The van der Waals surface area contributed by atoms with Crippen molar-refractivity contribution in [2.75, 3.05) is 79.4 Å². The summed E-state index contributed by atoms with van der Waals surface area (Å²) in [5.74, 6) is 5.13. The SMILES string of the molecule is CC.CC.CC.CC.CC.CC.CC.CC.CC.CC.CC.CC.CC.CC.CC.CC.CC.CC.CC.CC.CCCCSSCCCC.CN.CN.CN=NC.CN=NC.CN=NC.[CH3-].[CH3-].c1cc[n+](CCCSSCCC[n+]2ccccc2)cc1.c1ccc2c(c1)CCCC2.c1ccc2c(c1)CCCC2.c1ccc2c(c1)CCCC2.c1ccc2c(c1)CCCC2.c1ccncc1.c1ccncc1. The van der Waals surface area contributed by atoms with E-state index in [2.05, 4.69) is 233 Å². The smallest absolute Gasteiger partial charge is 0.168 e. The van der Waals surface area contributed by atoms with Gasteiger partial charge >= 0.3 is 0 Å². The van der Waals surface area contributed by atoms with Crippen LogP contribution in [0.4, 0.5) is 0 Å². The number of pyridine rings is 4. The Kier molecular flexibility index (Phi) is 318. The van der Waals surface area contributed by atoms with Crippen LogP contribution in [0.25, 0.3) is 0 Å². The van der Waals surface area contributed by atoms with Crippen molar-refractivity contribution in [3.05, 3.63) is 279 Å². The Morgan fingerprint density at radius 3 is 0.464 bits per heavy atom. The lowest BCUT2D eigenvalue weighted by molar-refractivity contribution is -0.697. The van der Waals surface area contributed by atoms with Crippen LogP contribution in [0.1, 0.15) is 425 Å². The summed E-state index contributed by atoms with van der Waals surface area (Å²) in [6, 6.07) is 59.1. The zero-order valence-electron chi connectivity index (χ0n) is 104. The molecule has 0 saturated heterocycles. The van der Waals surface area contributed by atoms with Gasteiger partial charge < -0.3 is 26.3 Å². The number of hydrogen-bond donors (Lipinski definition) is 2. The van der Waals surface area contributed by atoms with Crippen molar-refractivity contribution in [2.45, 2.75) is 445 Å². The first kappa shape index (κ1) is 192. The molecular formula is C124H252N12S4. The lowest BCUT2D eigenvalue weighted by Crippen LogP contribution is -2.32. The molecule has 832 valence electrons. The van der Waals surface area contributed by atoms with E-state index in [0.29, 0.717) is 0 Å². The predicted octanol–water partition coefficient (Wildman–Crippen LogP) is 42.2. The fourth-order valence-corrected chi connectivity index (χ4v) is 14.4. The molecule has 4 aliphatic carbocycles. The monoisotopic (exact) mass is 2040 g/mol. The molecule has 0 fully saturated rings. The van der Waals surface area contributed by atoms with Gasteiger partial charge in [-0.3, -0.25) is 9.97 Å². The second-order valence-electron chi connectivity index (χ2n) is 22.1. The normalized spacial score (nSPS) is 9.37. The largest absolute Gasteiger partial charge is 0.358 e. The summed E-state index contributed by atoms with van der Waals surface area (Å²) in [5.41, 5.74) is 21.6. The van der Waals surface area contributed by atoms with Gasteiger partial charge in [-0.1, -0.05) is 468 Å². The molecule has 0 atom stereocenters. The molecule has 4 aromatic heterocycles. The van der Waals surface area contributed by atoms with Crippen LogP contribution >= 0.6 is 43.2 Å². The molecule has 4 aromatic carbocycles. The number of hydrogen-bond acceptors (Lipinski definition) is 14. The molecule has 0 amide bonds. The van der Waals surface area contributed by atoms with Crippen LogP contribution in [0.15, 0.2) is 250 Å². The van der Waals surface area contributed by atoms with E-state index in [1.165, 1.54) is 178 Å².